The molecule has 0 aliphatic heterocycles. The fourth-order valence-electron chi connectivity index (χ4n) is 1.34. The molecule has 2 amide bonds. The molecule has 0 saturated carbocycles. The van der Waals surface area contributed by atoms with Crippen LogP contribution in [0.5, 0.6) is 0 Å². The molecule has 7 heteroatoms. The van der Waals surface area contributed by atoms with Gasteiger partial charge in [0.2, 0.25) is 0 Å². The van der Waals surface area contributed by atoms with Gasteiger partial charge in [-0.05, 0) is 13.3 Å². The number of amides is 2. The first-order valence-electron chi connectivity index (χ1n) is 5.62. The predicted octanol–water partition coefficient (Wildman–Crippen LogP) is 1.71. The Morgan fingerprint density at radius 1 is 1.61 bits per heavy atom. The summed E-state index contributed by atoms with van der Waals surface area (Å²) in [6, 6.07) is -1.45. The number of rotatable bonds is 5. The molecule has 0 spiro atoms. The van der Waals surface area contributed by atoms with Crippen molar-refractivity contribution in [2.45, 2.75) is 32.4 Å². The Labute approximate surface area is 110 Å². The predicted molar refractivity (Wildman–Crippen MR) is 68.5 cm³/mol. The first kappa shape index (κ1) is 14.4. The Balaban J connectivity index is 2.65. The van der Waals surface area contributed by atoms with Gasteiger partial charge in [-0.1, -0.05) is 6.92 Å². The number of likely N-dealkylation sites (N-methyl/N-ethyl adjacent to an activating group) is 1. The van der Waals surface area contributed by atoms with Crippen LogP contribution in [0.2, 0.25) is 0 Å². The van der Waals surface area contributed by atoms with Crippen LogP contribution in [0.3, 0.4) is 0 Å². The minimum Gasteiger partial charge on any atom is -0.480 e. The number of urea groups is 1. The van der Waals surface area contributed by atoms with Crippen LogP contribution in [0.15, 0.2) is 11.6 Å². The molecule has 6 nitrogen and oxygen atoms in total. The maximum atomic E-state index is 11.9. The number of nitrogens with one attached hydrogen (secondary N) is 1. The van der Waals surface area contributed by atoms with Crippen molar-refractivity contribution in [3.05, 3.63) is 16.6 Å². The molecule has 0 radical (unpaired) electrons. The summed E-state index contributed by atoms with van der Waals surface area (Å²) in [5.74, 6) is -1.03. The van der Waals surface area contributed by atoms with Crippen molar-refractivity contribution in [3.63, 3.8) is 0 Å². The van der Waals surface area contributed by atoms with E-state index in [-0.39, 0.29) is 6.04 Å². The third-order valence-electron chi connectivity index (χ3n) is 2.71. The van der Waals surface area contributed by atoms with Gasteiger partial charge in [0.05, 0.1) is 6.04 Å². The minimum atomic E-state index is -1.03. The fourth-order valence-corrected chi connectivity index (χ4v) is 2.11. The van der Waals surface area contributed by atoms with Gasteiger partial charge in [-0.3, -0.25) is 0 Å². The van der Waals surface area contributed by atoms with Crippen molar-refractivity contribution in [1.29, 1.82) is 0 Å². The van der Waals surface area contributed by atoms with E-state index in [1.54, 1.807) is 6.20 Å². The topological polar surface area (TPSA) is 82.5 Å². The molecule has 1 aromatic rings. The van der Waals surface area contributed by atoms with E-state index < -0.39 is 18.0 Å². The molecule has 0 aliphatic carbocycles. The van der Waals surface area contributed by atoms with E-state index in [4.69, 9.17) is 5.11 Å². The highest BCUT2D eigenvalue weighted by atomic mass is 32.1. The van der Waals surface area contributed by atoms with E-state index in [1.165, 1.54) is 30.2 Å². The molecule has 2 atom stereocenters. The van der Waals surface area contributed by atoms with E-state index in [9.17, 15) is 9.59 Å². The molecule has 0 bridgehead atoms. The fraction of sp³-hybridized carbons (Fsp3) is 0.545. The van der Waals surface area contributed by atoms with Crippen molar-refractivity contribution in [2.24, 2.45) is 0 Å². The molecule has 1 rings (SSSR count). The van der Waals surface area contributed by atoms with Crippen LogP contribution in [-0.4, -0.2) is 40.1 Å². The Bertz CT molecular complexity index is 408. The lowest BCUT2D eigenvalue weighted by molar-refractivity contribution is -0.141. The molecule has 2 unspecified atom stereocenters. The van der Waals surface area contributed by atoms with Crippen LogP contribution in [0.25, 0.3) is 0 Å². The normalized spacial score (nSPS) is 13.7. The number of carboxylic acid groups (broad SMARTS) is 1. The number of thiazole rings is 1. The van der Waals surface area contributed by atoms with Gasteiger partial charge in [0.1, 0.15) is 11.0 Å². The van der Waals surface area contributed by atoms with Crippen LogP contribution in [0.4, 0.5) is 4.79 Å². The second-order valence-electron chi connectivity index (χ2n) is 3.91. The van der Waals surface area contributed by atoms with Gasteiger partial charge in [-0.25, -0.2) is 14.6 Å². The molecule has 0 saturated heterocycles. The number of aromatic nitrogens is 1. The molecule has 2 N–H and O–H groups in total. The average molecular weight is 271 g/mol. The van der Waals surface area contributed by atoms with Crippen LogP contribution < -0.4 is 5.32 Å². The van der Waals surface area contributed by atoms with E-state index in [2.05, 4.69) is 10.3 Å². The Hall–Kier alpha value is -1.63. The SMILES string of the molecule is CCC(NC(=O)N(C)C(C)C(=O)O)c1nccs1. The number of carbonyl (C=O) groups excluding carboxylic acids is 1. The quantitative estimate of drug-likeness (QED) is 0.854. The van der Waals surface area contributed by atoms with Gasteiger partial charge < -0.3 is 15.3 Å². The highest BCUT2D eigenvalue weighted by molar-refractivity contribution is 7.09. The van der Waals surface area contributed by atoms with Crippen molar-refractivity contribution < 1.29 is 14.7 Å². The molecule has 1 aromatic heterocycles. The Morgan fingerprint density at radius 2 is 2.28 bits per heavy atom. The van der Waals surface area contributed by atoms with Gasteiger partial charge >= 0.3 is 12.0 Å². The summed E-state index contributed by atoms with van der Waals surface area (Å²) in [6.07, 6.45) is 2.38. The summed E-state index contributed by atoms with van der Waals surface area (Å²) in [7, 11) is 1.46. The van der Waals surface area contributed by atoms with Crippen LogP contribution in [0, 0.1) is 0 Å². The summed E-state index contributed by atoms with van der Waals surface area (Å²) in [5.41, 5.74) is 0. The van der Waals surface area contributed by atoms with Crippen LogP contribution in [0.1, 0.15) is 31.3 Å². The highest BCUT2D eigenvalue weighted by Gasteiger charge is 2.24. The van der Waals surface area contributed by atoms with Crippen LogP contribution >= 0.6 is 11.3 Å². The van der Waals surface area contributed by atoms with E-state index >= 15 is 0 Å². The summed E-state index contributed by atoms with van der Waals surface area (Å²) < 4.78 is 0. The molecule has 0 aliphatic rings. The van der Waals surface area contributed by atoms with Gasteiger partial charge in [-0.15, -0.1) is 11.3 Å². The average Bonchev–Trinajstić information content (AvgIpc) is 2.87. The van der Waals surface area contributed by atoms with Crippen molar-refractivity contribution in [1.82, 2.24) is 15.2 Å². The number of hydrogen-bond donors (Lipinski definition) is 2. The molecule has 0 aromatic carbocycles. The van der Waals surface area contributed by atoms with E-state index in [0.29, 0.717) is 6.42 Å². The smallest absolute Gasteiger partial charge is 0.326 e. The zero-order valence-electron chi connectivity index (χ0n) is 10.6. The summed E-state index contributed by atoms with van der Waals surface area (Å²) >= 11 is 1.46. The van der Waals surface area contributed by atoms with Gasteiger partial charge in [0.25, 0.3) is 0 Å². The number of carboxylic acids is 1. The van der Waals surface area contributed by atoms with Crippen molar-refractivity contribution in [3.8, 4) is 0 Å². The maximum Gasteiger partial charge on any atom is 0.326 e. The van der Waals surface area contributed by atoms with Gasteiger partial charge in [0.15, 0.2) is 0 Å². The second kappa shape index (κ2) is 6.34. The zero-order chi connectivity index (χ0) is 13.7. The largest absolute Gasteiger partial charge is 0.480 e. The van der Waals surface area contributed by atoms with Gasteiger partial charge in [-0.2, -0.15) is 0 Å². The lowest BCUT2D eigenvalue weighted by Gasteiger charge is -2.24. The highest BCUT2D eigenvalue weighted by Crippen LogP contribution is 2.19. The first-order chi connectivity index (χ1) is 8.47. The molecule has 18 heavy (non-hydrogen) atoms. The molecular weight excluding hydrogens is 254 g/mol. The molecule has 100 valence electrons. The lowest BCUT2D eigenvalue weighted by atomic mass is 10.2. The number of carbonyl (C=O) groups is 2. The van der Waals surface area contributed by atoms with Crippen molar-refractivity contribution >= 4 is 23.3 Å². The molecular formula is C11H17N3O3S. The van der Waals surface area contributed by atoms with E-state index in [1.807, 2.05) is 12.3 Å². The lowest BCUT2D eigenvalue weighted by Crippen LogP contribution is -2.46. The number of aliphatic carboxylic acids is 1. The Morgan fingerprint density at radius 3 is 2.72 bits per heavy atom. The zero-order valence-corrected chi connectivity index (χ0v) is 11.4. The monoisotopic (exact) mass is 271 g/mol. The number of nitrogens with zero attached hydrogens (tertiary/aromatic N) is 2. The third-order valence-corrected chi connectivity index (χ3v) is 3.60. The second-order valence-corrected chi connectivity index (χ2v) is 4.83. The summed E-state index contributed by atoms with van der Waals surface area (Å²) in [6.45, 7) is 3.40. The minimum absolute atomic E-state index is 0.180. The third kappa shape index (κ3) is 3.43. The standard InChI is InChI=1S/C11H17N3O3S/c1-4-8(9-12-5-6-18-9)13-11(17)14(3)7(2)10(15)16/h5-8H,4H2,1-3H3,(H,13,17)(H,15,16). The van der Waals surface area contributed by atoms with Crippen molar-refractivity contribution in [2.75, 3.05) is 7.05 Å². The maximum absolute atomic E-state index is 11.9. The Kier molecular flexibility index (Phi) is 5.08. The van der Waals surface area contributed by atoms with Crippen LogP contribution in [-0.2, 0) is 4.79 Å². The van der Waals surface area contributed by atoms with E-state index in [0.717, 1.165) is 5.01 Å². The summed E-state index contributed by atoms with van der Waals surface area (Å²) in [4.78, 5) is 28.0. The first-order valence-corrected chi connectivity index (χ1v) is 6.50. The van der Waals surface area contributed by atoms with Gasteiger partial charge in [0, 0.05) is 18.6 Å². The number of hydrogen-bond acceptors (Lipinski definition) is 4. The summed E-state index contributed by atoms with van der Waals surface area (Å²) in [5, 5.41) is 14.3. The molecule has 0 fully saturated rings. The molecule has 1 heterocycles.